The minimum atomic E-state index is -1.23. The van der Waals surface area contributed by atoms with Gasteiger partial charge >= 0.3 is 6.09 Å². The highest BCUT2D eigenvalue weighted by molar-refractivity contribution is 7.23. The third-order valence-electron chi connectivity index (χ3n) is 5.61. The number of carboxylic acid groups (broad SMARTS) is 1. The molecule has 2 amide bonds. The zero-order valence-corrected chi connectivity index (χ0v) is 20.8. The Labute approximate surface area is 211 Å². The van der Waals surface area contributed by atoms with Gasteiger partial charge in [-0.15, -0.1) is 0 Å². The minimum absolute atomic E-state index is 0.247. The normalized spacial score (nSPS) is 11.3. The van der Waals surface area contributed by atoms with Crippen LogP contribution in [0.1, 0.15) is 36.7 Å². The smallest absolute Gasteiger partial charge is 0.408 e. The van der Waals surface area contributed by atoms with E-state index in [1.54, 1.807) is 81.4 Å². The van der Waals surface area contributed by atoms with E-state index in [0.29, 0.717) is 21.5 Å². The summed E-state index contributed by atoms with van der Waals surface area (Å²) in [5.41, 5.74) is 0.204. The fourth-order valence-electron chi connectivity index (χ4n) is 3.85. The Bertz CT molecular complexity index is 1500. The van der Waals surface area contributed by atoms with Crippen LogP contribution in [0.25, 0.3) is 15.9 Å². The lowest BCUT2D eigenvalue weighted by atomic mass is 10.0. The van der Waals surface area contributed by atoms with Crippen LogP contribution in [0.3, 0.4) is 0 Å². The van der Waals surface area contributed by atoms with Crippen molar-refractivity contribution in [2.75, 3.05) is 11.9 Å². The molecule has 0 unspecified atom stereocenters. The van der Waals surface area contributed by atoms with Gasteiger partial charge in [-0.1, -0.05) is 59.9 Å². The first-order valence-electron chi connectivity index (χ1n) is 11.2. The molecular weight excluding hydrogens is 478 g/mol. The lowest BCUT2D eigenvalue weighted by Gasteiger charge is -2.32. The molecule has 184 valence electrons. The number of thiophene rings is 1. The van der Waals surface area contributed by atoms with E-state index < -0.39 is 24.1 Å². The number of carbonyl (C=O) groups is 3. The number of rotatable bonds is 6. The van der Waals surface area contributed by atoms with E-state index in [9.17, 15) is 24.3 Å². The summed E-state index contributed by atoms with van der Waals surface area (Å²) in [6.07, 6.45) is -1.23. The topological polar surface area (TPSA) is 109 Å². The number of para-hydroxylation sites is 1. The van der Waals surface area contributed by atoms with Crippen LogP contribution >= 0.6 is 11.3 Å². The fraction of sp³-hybridized carbons (Fsp3) is 0.185. The minimum Gasteiger partial charge on any atom is -0.465 e. The summed E-state index contributed by atoms with van der Waals surface area (Å²) in [7, 11) is 0. The van der Waals surface area contributed by atoms with Crippen molar-refractivity contribution < 1.29 is 19.5 Å². The van der Waals surface area contributed by atoms with Crippen molar-refractivity contribution in [3.63, 3.8) is 0 Å². The fourth-order valence-corrected chi connectivity index (χ4v) is 5.08. The molecule has 9 heteroatoms. The van der Waals surface area contributed by atoms with E-state index in [1.165, 1.54) is 10.6 Å². The third kappa shape index (κ3) is 4.92. The van der Waals surface area contributed by atoms with Crippen molar-refractivity contribution >= 4 is 44.3 Å². The second kappa shape index (κ2) is 9.79. The first kappa shape index (κ1) is 24.9. The lowest BCUT2D eigenvalue weighted by Crippen LogP contribution is -2.48. The van der Waals surface area contributed by atoms with Crippen LogP contribution < -0.4 is 10.9 Å². The number of hydrogen-bond donors (Lipinski definition) is 2. The van der Waals surface area contributed by atoms with Crippen molar-refractivity contribution in [3.8, 4) is 5.69 Å². The van der Waals surface area contributed by atoms with Crippen LogP contribution in [0.2, 0.25) is 0 Å². The molecule has 2 aromatic heterocycles. The highest BCUT2D eigenvalue weighted by atomic mass is 32.1. The van der Waals surface area contributed by atoms with Crippen LogP contribution in [0, 0.1) is 0 Å². The Hall–Kier alpha value is -4.24. The van der Waals surface area contributed by atoms with Gasteiger partial charge in [0, 0.05) is 22.6 Å². The maximum Gasteiger partial charge on any atom is 0.408 e. The summed E-state index contributed by atoms with van der Waals surface area (Å²) in [4.78, 5) is 52.7. The molecule has 36 heavy (non-hydrogen) atoms. The summed E-state index contributed by atoms with van der Waals surface area (Å²) in [5.74, 6) is -0.907. The van der Waals surface area contributed by atoms with E-state index in [0.717, 1.165) is 16.2 Å². The molecule has 4 aromatic rings. The largest absolute Gasteiger partial charge is 0.465 e. The molecule has 8 nitrogen and oxygen atoms in total. The Morgan fingerprint density at radius 1 is 0.944 bits per heavy atom. The van der Waals surface area contributed by atoms with Crippen LogP contribution in [0.5, 0.6) is 0 Å². The molecular formula is C27H25N3O5S. The number of amides is 2. The van der Waals surface area contributed by atoms with Gasteiger partial charge in [-0.2, -0.15) is 0 Å². The predicted molar refractivity (Wildman–Crippen MR) is 140 cm³/mol. The predicted octanol–water partition coefficient (Wildman–Crippen LogP) is 5.00. The molecule has 0 fully saturated rings. The molecule has 0 bridgehead atoms. The number of anilines is 1. The van der Waals surface area contributed by atoms with Crippen LogP contribution in [-0.4, -0.2) is 44.4 Å². The van der Waals surface area contributed by atoms with Gasteiger partial charge < -0.3 is 10.4 Å². The number of hydrogen-bond acceptors (Lipinski definition) is 5. The summed E-state index contributed by atoms with van der Waals surface area (Å²) in [6.45, 7) is 4.65. The molecule has 2 N–H and O–H groups in total. The summed E-state index contributed by atoms with van der Waals surface area (Å²) < 4.78 is 1.50. The van der Waals surface area contributed by atoms with Gasteiger partial charge in [0.15, 0.2) is 5.78 Å². The van der Waals surface area contributed by atoms with Gasteiger partial charge in [0.25, 0.3) is 5.56 Å². The number of carbonyl (C=O) groups excluding carboxylic acids is 2. The van der Waals surface area contributed by atoms with Crippen molar-refractivity contribution in [1.82, 2.24) is 9.47 Å². The molecule has 0 atom stereocenters. The second-order valence-electron chi connectivity index (χ2n) is 9.15. The van der Waals surface area contributed by atoms with Crippen molar-refractivity contribution in [1.29, 1.82) is 0 Å². The quantitative estimate of drug-likeness (QED) is 0.360. The molecule has 0 saturated carbocycles. The van der Waals surface area contributed by atoms with Crippen LogP contribution in [0.15, 0.2) is 77.6 Å². The number of aromatic nitrogens is 1. The number of benzene rings is 2. The van der Waals surface area contributed by atoms with E-state index in [2.05, 4.69) is 5.32 Å². The Morgan fingerprint density at radius 3 is 2.14 bits per heavy atom. The van der Waals surface area contributed by atoms with Gasteiger partial charge in [0.1, 0.15) is 16.4 Å². The zero-order chi connectivity index (χ0) is 26.0. The molecule has 0 radical (unpaired) electrons. The van der Waals surface area contributed by atoms with E-state index in [4.69, 9.17) is 0 Å². The second-order valence-corrected chi connectivity index (χ2v) is 10.1. The maximum atomic E-state index is 13.6. The number of pyridine rings is 1. The van der Waals surface area contributed by atoms with Gasteiger partial charge in [-0.05, 0) is 39.0 Å². The molecule has 0 aliphatic rings. The molecule has 0 aliphatic heterocycles. The zero-order valence-electron chi connectivity index (χ0n) is 20.0. The van der Waals surface area contributed by atoms with E-state index in [-0.39, 0.29) is 21.9 Å². The number of ketones is 1. The number of nitrogens with zero attached hydrogens (tertiary/aromatic N) is 2. The molecule has 2 heterocycles. The summed E-state index contributed by atoms with van der Waals surface area (Å²) in [5, 5.41) is 13.1. The van der Waals surface area contributed by atoms with Crippen LogP contribution in [0.4, 0.5) is 9.80 Å². The number of fused-ring (bicyclic) bond motifs is 1. The average molecular weight is 504 g/mol. The maximum absolute atomic E-state index is 13.6. The Balaban J connectivity index is 1.86. The summed E-state index contributed by atoms with van der Waals surface area (Å²) in [6, 6.07) is 20.6. The monoisotopic (exact) mass is 503 g/mol. The van der Waals surface area contributed by atoms with Crippen molar-refractivity contribution in [2.24, 2.45) is 0 Å². The van der Waals surface area contributed by atoms with Gasteiger partial charge in [-0.3, -0.25) is 23.9 Å². The van der Waals surface area contributed by atoms with Crippen LogP contribution in [-0.2, 0) is 4.79 Å². The standard InChI is InChI=1S/C27H25N3O5S/c1-27(2,3)29(26(34)35)16-20(31)28-24-22(23(33)17-10-6-4-7-11-17)19-14-15-21(32)30(25(19)36-24)18-12-8-5-9-13-18/h4-15H,16H2,1-3H3,(H,28,31)(H,34,35). The molecule has 0 spiro atoms. The van der Waals surface area contributed by atoms with Gasteiger partial charge in [-0.25, -0.2) is 4.79 Å². The highest BCUT2D eigenvalue weighted by Gasteiger charge is 2.30. The summed E-state index contributed by atoms with van der Waals surface area (Å²) >= 11 is 1.10. The van der Waals surface area contributed by atoms with Gasteiger partial charge in [0.05, 0.1) is 11.3 Å². The Morgan fingerprint density at radius 2 is 1.56 bits per heavy atom. The molecule has 4 rings (SSSR count). The lowest BCUT2D eigenvalue weighted by molar-refractivity contribution is -0.118. The first-order chi connectivity index (χ1) is 17.1. The number of nitrogens with one attached hydrogen (secondary N) is 1. The first-order valence-corrected chi connectivity index (χ1v) is 12.0. The molecule has 0 aliphatic carbocycles. The SMILES string of the molecule is CC(C)(C)N(CC(=O)Nc1sc2c(ccc(=O)n2-c2ccccc2)c1C(=O)c1ccccc1)C(=O)O. The average Bonchev–Trinajstić information content (AvgIpc) is 3.19. The van der Waals surface area contributed by atoms with Crippen molar-refractivity contribution in [2.45, 2.75) is 26.3 Å². The molecule has 0 saturated heterocycles. The molecule has 2 aromatic carbocycles. The highest BCUT2D eigenvalue weighted by Crippen LogP contribution is 2.37. The van der Waals surface area contributed by atoms with E-state index in [1.807, 2.05) is 6.07 Å². The van der Waals surface area contributed by atoms with Gasteiger partial charge in [0.2, 0.25) is 5.91 Å². The Kier molecular flexibility index (Phi) is 6.76. The van der Waals surface area contributed by atoms with E-state index >= 15 is 0 Å². The third-order valence-corrected chi connectivity index (χ3v) is 6.72. The van der Waals surface area contributed by atoms with Crippen molar-refractivity contribution in [3.05, 3.63) is 94.3 Å².